The van der Waals surface area contributed by atoms with Crippen LogP contribution in [-0.4, -0.2) is 45.0 Å². The fraction of sp³-hybridized carbons (Fsp3) is 0.381. The minimum atomic E-state index is -0.0636. The van der Waals surface area contributed by atoms with E-state index in [1.165, 1.54) is 29.7 Å². The average molecular weight is 396 g/mol. The van der Waals surface area contributed by atoms with Crippen LogP contribution in [0.2, 0.25) is 5.02 Å². The molecule has 2 aromatic heterocycles. The Balaban J connectivity index is 1.45. The lowest BCUT2D eigenvalue weighted by molar-refractivity contribution is 0.0671. The van der Waals surface area contributed by atoms with Gasteiger partial charge in [-0.3, -0.25) is 4.79 Å². The minimum absolute atomic E-state index is 0.0140. The second-order valence-corrected chi connectivity index (χ2v) is 8.04. The monoisotopic (exact) mass is 395 g/mol. The number of carbonyl (C=O) groups excluding carboxylic acids is 1. The summed E-state index contributed by atoms with van der Waals surface area (Å²) < 4.78 is 1.56. The molecule has 0 N–H and O–H groups in total. The Morgan fingerprint density at radius 3 is 2.82 bits per heavy atom. The summed E-state index contributed by atoms with van der Waals surface area (Å²) in [5, 5.41) is 4.88. The molecular weight excluding hydrogens is 374 g/mol. The molecule has 0 saturated carbocycles. The van der Waals surface area contributed by atoms with Crippen molar-refractivity contribution >= 4 is 28.8 Å². The number of benzene rings is 1. The molecule has 1 amide bonds. The van der Waals surface area contributed by atoms with Gasteiger partial charge in [0.1, 0.15) is 0 Å². The fourth-order valence-corrected chi connectivity index (χ4v) is 4.50. The molecule has 144 valence electrons. The van der Waals surface area contributed by atoms with E-state index >= 15 is 0 Å². The third-order valence-corrected chi connectivity index (χ3v) is 6.10. The Morgan fingerprint density at radius 1 is 1.18 bits per heavy atom. The van der Waals surface area contributed by atoms with Crippen molar-refractivity contribution in [2.24, 2.45) is 0 Å². The first-order valence-corrected chi connectivity index (χ1v) is 10.2. The maximum Gasteiger partial charge on any atom is 0.274 e. The maximum atomic E-state index is 13.2. The zero-order chi connectivity index (χ0) is 19.3. The summed E-state index contributed by atoms with van der Waals surface area (Å²) in [6, 6.07) is 8.47. The molecule has 6 nitrogen and oxygen atoms in total. The summed E-state index contributed by atoms with van der Waals surface area (Å²) in [7, 11) is 0. The normalized spacial score (nSPS) is 19.3. The molecule has 4 heterocycles. The quantitative estimate of drug-likeness (QED) is 0.663. The van der Waals surface area contributed by atoms with E-state index in [1.807, 2.05) is 4.90 Å². The number of anilines is 1. The number of hydrogen-bond acceptors (Lipinski definition) is 4. The topological polar surface area (TPSA) is 53.7 Å². The summed E-state index contributed by atoms with van der Waals surface area (Å²) in [4.78, 5) is 21.8. The van der Waals surface area contributed by atoms with E-state index in [4.69, 9.17) is 11.6 Å². The number of hydrogen-bond donors (Lipinski definition) is 0. The molecule has 2 aliphatic heterocycles. The molecule has 0 radical (unpaired) electrons. The van der Waals surface area contributed by atoms with E-state index in [9.17, 15) is 4.79 Å². The van der Waals surface area contributed by atoms with Crippen LogP contribution in [0.25, 0.3) is 5.65 Å². The zero-order valence-electron chi connectivity index (χ0n) is 15.8. The lowest BCUT2D eigenvalue weighted by Gasteiger charge is -2.35. The molecule has 1 aromatic carbocycles. The largest absolute Gasteiger partial charge is 0.372 e. The van der Waals surface area contributed by atoms with E-state index in [2.05, 4.69) is 40.1 Å². The van der Waals surface area contributed by atoms with Crippen molar-refractivity contribution in [2.75, 3.05) is 24.5 Å². The number of aromatic nitrogens is 3. The van der Waals surface area contributed by atoms with E-state index in [1.54, 1.807) is 23.0 Å². The van der Waals surface area contributed by atoms with Gasteiger partial charge in [0.2, 0.25) is 0 Å². The molecule has 1 saturated heterocycles. The molecule has 0 spiro atoms. The number of amides is 1. The molecule has 1 fully saturated rings. The van der Waals surface area contributed by atoms with Gasteiger partial charge in [-0.05, 0) is 49.4 Å². The van der Waals surface area contributed by atoms with Gasteiger partial charge in [0, 0.05) is 37.6 Å². The van der Waals surface area contributed by atoms with Crippen LogP contribution in [0.4, 0.5) is 5.69 Å². The van der Waals surface area contributed by atoms with Gasteiger partial charge in [0.05, 0.1) is 17.3 Å². The first-order chi connectivity index (χ1) is 13.6. The molecule has 7 heteroatoms. The van der Waals surface area contributed by atoms with Gasteiger partial charge in [-0.15, -0.1) is 0 Å². The molecular formula is C21H22ClN5O. The predicted molar refractivity (Wildman–Crippen MR) is 109 cm³/mol. The molecule has 1 unspecified atom stereocenters. The van der Waals surface area contributed by atoms with E-state index in [0.717, 1.165) is 19.5 Å². The van der Waals surface area contributed by atoms with Crippen LogP contribution in [0.3, 0.4) is 0 Å². The van der Waals surface area contributed by atoms with Crippen molar-refractivity contribution < 1.29 is 4.79 Å². The zero-order valence-corrected chi connectivity index (χ0v) is 16.6. The minimum Gasteiger partial charge on any atom is -0.372 e. The highest BCUT2D eigenvalue weighted by Gasteiger charge is 2.30. The van der Waals surface area contributed by atoms with Crippen LogP contribution in [0, 0.1) is 0 Å². The summed E-state index contributed by atoms with van der Waals surface area (Å²) in [6.45, 7) is 5.03. The van der Waals surface area contributed by atoms with E-state index in [-0.39, 0.29) is 11.9 Å². The second-order valence-electron chi connectivity index (χ2n) is 7.61. The number of rotatable bonds is 2. The molecule has 0 aliphatic carbocycles. The van der Waals surface area contributed by atoms with Crippen LogP contribution in [0.5, 0.6) is 0 Å². The van der Waals surface area contributed by atoms with Crippen LogP contribution < -0.4 is 4.90 Å². The molecule has 3 aromatic rings. The van der Waals surface area contributed by atoms with Gasteiger partial charge in [0.25, 0.3) is 5.91 Å². The summed E-state index contributed by atoms with van der Waals surface area (Å²) in [5.41, 5.74) is 4.87. The lowest BCUT2D eigenvalue weighted by Crippen LogP contribution is -2.39. The third kappa shape index (κ3) is 2.92. The van der Waals surface area contributed by atoms with Crippen LogP contribution in [-0.2, 0) is 6.42 Å². The highest BCUT2D eigenvalue weighted by Crippen LogP contribution is 2.34. The maximum absolute atomic E-state index is 13.2. The molecule has 1 atom stereocenters. The lowest BCUT2D eigenvalue weighted by atomic mass is 9.92. The SMILES string of the molecule is CC1c2cc(N3CCCC3)ccc2CCN1C(=O)c1cc2ncc(Cl)cn2n1. The Morgan fingerprint density at radius 2 is 2.00 bits per heavy atom. The molecule has 28 heavy (non-hydrogen) atoms. The molecule has 0 bridgehead atoms. The number of nitrogens with zero attached hydrogens (tertiary/aromatic N) is 5. The number of fused-ring (bicyclic) bond motifs is 2. The van der Waals surface area contributed by atoms with Crippen molar-refractivity contribution in [1.29, 1.82) is 0 Å². The van der Waals surface area contributed by atoms with Crippen molar-refractivity contribution in [3.05, 3.63) is 58.5 Å². The first kappa shape index (κ1) is 17.5. The van der Waals surface area contributed by atoms with Gasteiger partial charge in [0.15, 0.2) is 11.3 Å². The Kier molecular flexibility index (Phi) is 4.23. The molecule has 2 aliphatic rings. The van der Waals surface area contributed by atoms with Gasteiger partial charge in [-0.2, -0.15) is 5.10 Å². The predicted octanol–water partition coefficient (Wildman–Crippen LogP) is 3.74. The van der Waals surface area contributed by atoms with Crippen molar-refractivity contribution in [2.45, 2.75) is 32.2 Å². The molecule has 5 rings (SSSR count). The Labute approximate surface area is 168 Å². The van der Waals surface area contributed by atoms with Crippen LogP contribution in [0.1, 0.15) is 47.4 Å². The van der Waals surface area contributed by atoms with Crippen LogP contribution in [0.15, 0.2) is 36.7 Å². The standard InChI is InChI=1S/C21H22ClN5O/c1-14-18-10-17(25-7-2-3-8-25)5-4-15(18)6-9-26(14)21(28)19-11-20-23-12-16(22)13-27(20)24-19/h4-5,10-14H,2-3,6-9H2,1H3. The summed E-state index contributed by atoms with van der Waals surface area (Å²) in [5.74, 6) is -0.0636. The van der Waals surface area contributed by atoms with Gasteiger partial charge in [-0.25, -0.2) is 9.50 Å². The van der Waals surface area contributed by atoms with Crippen LogP contribution >= 0.6 is 11.6 Å². The van der Waals surface area contributed by atoms with Gasteiger partial charge >= 0.3 is 0 Å². The fourth-order valence-electron chi connectivity index (χ4n) is 4.36. The average Bonchev–Trinajstić information content (AvgIpc) is 3.37. The smallest absolute Gasteiger partial charge is 0.274 e. The van der Waals surface area contributed by atoms with E-state index in [0.29, 0.717) is 22.9 Å². The van der Waals surface area contributed by atoms with Gasteiger partial charge < -0.3 is 9.80 Å². The van der Waals surface area contributed by atoms with Crippen molar-refractivity contribution in [3.63, 3.8) is 0 Å². The van der Waals surface area contributed by atoms with Crippen molar-refractivity contribution in [1.82, 2.24) is 19.5 Å². The first-order valence-electron chi connectivity index (χ1n) is 9.80. The third-order valence-electron chi connectivity index (χ3n) is 5.90. The highest BCUT2D eigenvalue weighted by atomic mass is 35.5. The van der Waals surface area contributed by atoms with Gasteiger partial charge in [-0.1, -0.05) is 17.7 Å². The van der Waals surface area contributed by atoms with Crippen molar-refractivity contribution in [3.8, 4) is 0 Å². The second kappa shape index (κ2) is 6.78. The van der Waals surface area contributed by atoms with E-state index < -0.39 is 0 Å². The Hall–Kier alpha value is -2.60. The number of halogens is 1. The summed E-state index contributed by atoms with van der Waals surface area (Å²) in [6.07, 6.45) is 6.60. The summed E-state index contributed by atoms with van der Waals surface area (Å²) >= 11 is 5.98. The number of carbonyl (C=O) groups is 1. The Bertz CT molecular complexity index is 1060. The highest BCUT2D eigenvalue weighted by molar-refractivity contribution is 6.30.